The van der Waals surface area contributed by atoms with Crippen LogP contribution in [0.1, 0.15) is 83.5 Å². The molecular weight excluding hydrogens is 739 g/mol. The van der Waals surface area contributed by atoms with Gasteiger partial charge in [0.1, 0.15) is 15.4 Å². The first kappa shape index (κ1) is 44.7. The highest BCUT2D eigenvalue weighted by molar-refractivity contribution is 8.00. The van der Waals surface area contributed by atoms with Gasteiger partial charge in [0.15, 0.2) is 5.78 Å². The van der Waals surface area contributed by atoms with E-state index in [1.54, 1.807) is 0 Å². The number of carbonyl (C=O) groups is 2. The molecule has 0 bridgehead atoms. The molecule has 0 aromatic rings. The topological polar surface area (TPSA) is 179 Å². The molecule has 1 amide bonds. The molecule has 9 aliphatic heterocycles. The second-order valence-corrected chi connectivity index (χ2v) is 23.1. The predicted molar refractivity (Wildman–Crippen MR) is 224 cm³/mol. The smallest absolute Gasteiger partial charge is 0.221 e. The highest BCUT2D eigenvalue weighted by Gasteiger charge is 2.47. The van der Waals surface area contributed by atoms with Gasteiger partial charge in [-0.2, -0.15) is 0 Å². The number of ketones is 1. The van der Waals surface area contributed by atoms with Crippen LogP contribution in [-0.2, 0) is 33.7 Å². The highest BCUT2D eigenvalue weighted by Crippen LogP contribution is 2.39. The van der Waals surface area contributed by atoms with Crippen molar-refractivity contribution in [3.63, 3.8) is 0 Å². The van der Waals surface area contributed by atoms with E-state index >= 15 is 0 Å². The summed E-state index contributed by atoms with van der Waals surface area (Å²) in [7, 11) is -4.30. The van der Waals surface area contributed by atoms with E-state index < -0.39 is 24.9 Å². The maximum Gasteiger partial charge on any atom is 0.221 e. The Balaban J connectivity index is 0.000000128. The van der Waals surface area contributed by atoms with Crippen molar-refractivity contribution in [3.8, 4) is 0 Å². The molecule has 0 atom stereocenters. The van der Waals surface area contributed by atoms with Crippen LogP contribution in [0.15, 0.2) is 12.2 Å². The number of amides is 1. The van der Waals surface area contributed by atoms with Crippen LogP contribution < -0.4 is 37.2 Å². The molecule has 7 N–H and O–H groups in total. The molecule has 55 heavy (non-hydrogen) atoms. The fourth-order valence-electron chi connectivity index (χ4n) is 8.76. The first-order valence-corrected chi connectivity index (χ1v) is 25.0. The van der Waals surface area contributed by atoms with Crippen LogP contribution in [0.25, 0.3) is 0 Å². The zero-order valence-corrected chi connectivity index (χ0v) is 35.2. The Morgan fingerprint density at radius 2 is 1.07 bits per heavy atom. The molecule has 15 heteroatoms. The lowest BCUT2D eigenvalue weighted by atomic mass is 9.70. The van der Waals surface area contributed by atoms with Crippen molar-refractivity contribution in [2.75, 3.05) is 115 Å². The zero-order chi connectivity index (χ0) is 39.3. The summed E-state index contributed by atoms with van der Waals surface area (Å²) in [6.07, 6.45) is 15.4. The number of Topliss-reactive ketones (excluding diaryl/α,β-unsaturated/α-hetero) is 1. The van der Waals surface area contributed by atoms with Crippen molar-refractivity contribution >= 4 is 36.9 Å². The Hall–Kier alpha value is -1.43. The third-order valence-corrected chi connectivity index (χ3v) is 16.5. The standard InChI is InChI=1S/C8H13NO.C8H15N.C7H10N2O2.C7H13NO2S.C5H11NOS.C5H11N/c1-7-2-8(4-9-5-8)6-10-3-7;1-2-4-8(5-3-1)6-9-7-8;10-5-1-2-6(11)9-7(5)3-8-4-7;9-11(10)3-1-7(2-4-11)5-8-6-7;1-8(7)4-2-6-3-5-8;1-2-4-6-5-3-1/h9H,1-6H2;9H,1-7H2;8H,1-4H2,(H,9,11);8H,1-6H2;6H,1-5H2;6H,1-5H2. The minimum absolute atomic E-state index is 0.00565. The molecule has 0 aromatic heterocycles. The quantitative estimate of drug-likeness (QED) is 0.135. The molecule has 0 unspecified atom stereocenters. The fraction of sp³-hybridized carbons (Fsp3) is 0.875. The number of rotatable bonds is 0. The summed E-state index contributed by atoms with van der Waals surface area (Å²) in [5.74, 6) is 6.14. The zero-order valence-electron chi connectivity index (χ0n) is 33.6. The summed E-state index contributed by atoms with van der Waals surface area (Å²) >= 11 is 0. The third kappa shape index (κ3) is 13.8. The maximum atomic E-state index is 11.3. The molecule has 4 spiro atoms. The van der Waals surface area contributed by atoms with Gasteiger partial charge in [0.05, 0.1) is 24.7 Å². The van der Waals surface area contributed by atoms with Crippen molar-refractivity contribution in [2.24, 2.45) is 16.2 Å². The molecule has 1 saturated carbocycles. The van der Waals surface area contributed by atoms with Crippen molar-refractivity contribution in [3.05, 3.63) is 12.2 Å². The van der Waals surface area contributed by atoms with Crippen molar-refractivity contribution < 1.29 is 27.0 Å². The van der Waals surface area contributed by atoms with Gasteiger partial charge in [-0.15, -0.1) is 0 Å². The number of sulfone groups is 1. The molecular formula is C40H73N7O6S2. The largest absolute Gasteiger partial charge is 0.376 e. The Bertz CT molecular complexity index is 1440. The fourth-order valence-corrected chi connectivity index (χ4v) is 11.7. The first-order valence-electron chi connectivity index (χ1n) is 21.1. The molecule has 13 nitrogen and oxygen atoms in total. The summed E-state index contributed by atoms with van der Waals surface area (Å²) in [6, 6.07) is 0. The van der Waals surface area contributed by atoms with Crippen molar-refractivity contribution in [1.82, 2.24) is 37.2 Å². The molecule has 316 valence electrons. The first-order chi connectivity index (χ1) is 26.3. The van der Waals surface area contributed by atoms with E-state index in [0.29, 0.717) is 48.3 Å². The third-order valence-electron chi connectivity index (χ3n) is 13.0. The average Bonchev–Trinajstić information content (AvgIpc) is 3.12. The SMILES string of the molecule is C1CCC2(CC1)CNC2.C1CCNCC1.C=C1COCC2(CNC2)C1.C=S1(=O)CCNCC1.O=C1CCC(=O)C2(CNC2)N1.O=S1(=O)CCC2(CC1)CNC2. The van der Waals surface area contributed by atoms with E-state index in [4.69, 9.17) is 4.74 Å². The molecule has 0 radical (unpaired) electrons. The van der Waals surface area contributed by atoms with Gasteiger partial charge in [0.2, 0.25) is 5.91 Å². The Labute approximate surface area is 332 Å². The summed E-state index contributed by atoms with van der Waals surface area (Å²) < 4.78 is 38.6. The van der Waals surface area contributed by atoms with E-state index in [9.17, 15) is 22.2 Å². The van der Waals surface area contributed by atoms with Crippen molar-refractivity contribution in [1.29, 1.82) is 0 Å². The molecule has 9 saturated heterocycles. The summed E-state index contributed by atoms with van der Waals surface area (Å²) in [4.78, 5) is 22.2. The van der Waals surface area contributed by atoms with Crippen LogP contribution in [0.5, 0.6) is 0 Å². The van der Waals surface area contributed by atoms with E-state index in [1.165, 1.54) is 89.5 Å². The van der Waals surface area contributed by atoms with Gasteiger partial charge < -0.3 is 42.0 Å². The van der Waals surface area contributed by atoms with Gasteiger partial charge in [0, 0.05) is 95.2 Å². The molecule has 10 fully saturated rings. The Morgan fingerprint density at radius 1 is 0.564 bits per heavy atom. The second kappa shape index (κ2) is 20.5. The molecule has 9 heterocycles. The number of hydrogen-bond acceptors (Lipinski definition) is 12. The van der Waals surface area contributed by atoms with Gasteiger partial charge in [-0.3, -0.25) is 13.8 Å². The second-order valence-electron chi connectivity index (χ2n) is 18.0. The minimum Gasteiger partial charge on any atom is -0.376 e. The highest BCUT2D eigenvalue weighted by atomic mass is 32.2. The summed E-state index contributed by atoms with van der Waals surface area (Å²) in [5.41, 5.74) is 2.33. The Morgan fingerprint density at radius 3 is 1.42 bits per heavy atom. The van der Waals surface area contributed by atoms with Crippen LogP contribution in [-0.4, -0.2) is 150 Å². The van der Waals surface area contributed by atoms with Gasteiger partial charge in [-0.1, -0.05) is 37.8 Å². The van der Waals surface area contributed by atoms with Crippen LogP contribution in [0.2, 0.25) is 0 Å². The number of ether oxygens (including phenoxy) is 1. The van der Waals surface area contributed by atoms with E-state index in [-0.39, 0.29) is 11.7 Å². The average molecular weight is 812 g/mol. The number of hydrogen-bond donors (Lipinski definition) is 7. The lowest BCUT2D eigenvalue weighted by Gasteiger charge is -2.45. The normalized spacial score (nSPS) is 29.6. The van der Waals surface area contributed by atoms with Crippen molar-refractivity contribution in [2.45, 2.75) is 89.0 Å². The van der Waals surface area contributed by atoms with Gasteiger partial charge in [-0.05, 0) is 84.3 Å². The number of carbonyl (C=O) groups excluding carboxylic acids is 2. The molecule has 10 aliphatic rings. The van der Waals surface area contributed by atoms with Crippen LogP contribution >= 0.6 is 0 Å². The monoisotopic (exact) mass is 812 g/mol. The molecule has 10 rings (SSSR count). The lowest BCUT2D eigenvalue weighted by Crippen LogP contribution is -2.74. The van der Waals surface area contributed by atoms with Gasteiger partial charge in [-0.25, -0.2) is 8.42 Å². The Kier molecular flexibility index (Phi) is 16.7. The van der Waals surface area contributed by atoms with Gasteiger partial charge in [0.25, 0.3) is 0 Å². The maximum absolute atomic E-state index is 11.3. The van der Waals surface area contributed by atoms with E-state index in [0.717, 1.165) is 82.2 Å². The molecule has 1 aliphatic carbocycles. The van der Waals surface area contributed by atoms with Crippen LogP contribution in [0.4, 0.5) is 0 Å². The molecule has 0 aromatic carbocycles. The number of nitrogens with one attached hydrogen (secondary N) is 7. The summed E-state index contributed by atoms with van der Waals surface area (Å²) in [6.45, 7) is 18.0. The predicted octanol–water partition coefficient (Wildman–Crippen LogP) is 0.751. The van der Waals surface area contributed by atoms with Crippen LogP contribution in [0.3, 0.4) is 0 Å². The lowest BCUT2D eigenvalue weighted by molar-refractivity contribution is -0.139. The van der Waals surface area contributed by atoms with E-state index in [2.05, 4.69) is 49.7 Å². The summed E-state index contributed by atoms with van der Waals surface area (Å²) in [5, 5.41) is 22.0. The van der Waals surface area contributed by atoms with Gasteiger partial charge >= 0.3 is 0 Å². The minimum atomic E-state index is -2.66. The van der Waals surface area contributed by atoms with Crippen LogP contribution in [0, 0.1) is 16.2 Å². The van der Waals surface area contributed by atoms with E-state index in [1.807, 2.05) is 0 Å². The number of piperidine rings is 2.